The lowest BCUT2D eigenvalue weighted by Crippen LogP contribution is -1.81. The van der Waals surface area contributed by atoms with Crippen molar-refractivity contribution in [2.24, 2.45) is 0 Å². The lowest BCUT2D eigenvalue weighted by atomic mass is 10.2. The van der Waals surface area contributed by atoms with Crippen molar-refractivity contribution in [2.45, 2.75) is 18.7 Å². The molecule has 1 nitrogen and oxygen atoms in total. The molecule has 0 amide bonds. The summed E-state index contributed by atoms with van der Waals surface area (Å²) in [4.78, 5) is 1.20. The molecule has 1 aromatic rings. The third-order valence-corrected chi connectivity index (χ3v) is 2.30. The quantitative estimate of drug-likeness (QED) is 0.628. The third kappa shape index (κ3) is 2.24. The van der Waals surface area contributed by atoms with Crippen molar-refractivity contribution in [3.8, 4) is 0 Å². The first-order chi connectivity index (χ1) is 5.24. The minimum absolute atomic E-state index is 1.20. The van der Waals surface area contributed by atoms with E-state index in [0.717, 1.165) is 0 Å². The average molecular weight is 168 g/mol. The Morgan fingerprint density at radius 3 is 2.64 bits per heavy atom. The van der Waals surface area contributed by atoms with Crippen LogP contribution < -0.4 is 0 Å². The first-order valence-electron chi connectivity index (χ1n) is 3.52. The minimum Gasteiger partial charge on any atom is -0.314 e. The van der Waals surface area contributed by atoms with Gasteiger partial charge in [-0.2, -0.15) is 0 Å². The van der Waals surface area contributed by atoms with Crippen LogP contribution in [-0.4, -0.2) is 7.11 Å². The Morgan fingerprint density at radius 2 is 2.00 bits per heavy atom. The summed E-state index contributed by atoms with van der Waals surface area (Å²) in [6.45, 7) is 4.17. The fourth-order valence-electron chi connectivity index (χ4n) is 0.887. The van der Waals surface area contributed by atoms with Crippen LogP contribution in [0.1, 0.15) is 11.1 Å². The average Bonchev–Trinajstić information content (AvgIpc) is 1.98. The molecular weight excluding hydrogens is 156 g/mol. The van der Waals surface area contributed by atoms with Crippen molar-refractivity contribution in [3.63, 3.8) is 0 Å². The van der Waals surface area contributed by atoms with Gasteiger partial charge in [0.1, 0.15) is 0 Å². The van der Waals surface area contributed by atoms with E-state index in [2.05, 4.69) is 32.0 Å². The third-order valence-electron chi connectivity index (χ3n) is 1.52. The maximum absolute atomic E-state index is 4.98. The van der Waals surface area contributed by atoms with Crippen molar-refractivity contribution >= 4 is 12.0 Å². The molecule has 0 spiro atoms. The fraction of sp³-hybridized carbons (Fsp3) is 0.333. The Labute approximate surface area is 72.0 Å². The maximum Gasteiger partial charge on any atom is 0.0508 e. The Morgan fingerprint density at radius 1 is 1.27 bits per heavy atom. The lowest BCUT2D eigenvalue weighted by molar-refractivity contribution is 0.489. The van der Waals surface area contributed by atoms with Crippen LogP contribution in [0.4, 0.5) is 0 Å². The van der Waals surface area contributed by atoms with E-state index in [0.29, 0.717) is 0 Å². The van der Waals surface area contributed by atoms with Crippen LogP contribution >= 0.6 is 12.0 Å². The molecule has 0 radical (unpaired) electrons. The number of rotatable bonds is 2. The van der Waals surface area contributed by atoms with E-state index < -0.39 is 0 Å². The Balaban J connectivity index is 2.93. The smallest absolute Gasteiger partial charge is 0.0508 e. The summed E-state index contributed by atoms with van der Waals surface area (Å²) in [7, 11) is 1.69. The van der Waals surface area contributed by atoms with E-state index in [1.165, 1.54) is 28.1 Å². The normalized spacial score (nSPS) is 10.1. The monoisotopic (exact) mass is 168 g/mol. The summed E-state index contributed by atoms with van der Waals surface area (Å²) in [5.41, 5.74) is 2.54. The Hall–Kier alpha value is -0.470. The Kier molecular flexibility index (Phi) is 2.97. The molecule has 11 heavy (non-hydrogen) atoms. The van der Waals surface area contributed by atoms with Crippen LogP contribution in [0.5, 0.6) is 0 Å². The molecule has 0 heterocycles. The lowest BCUT2D eigenvalue weighted by Gasteiger charge is -2.03. The highest BCUT2D eigenvalue weighted by Gasteiger charge is 1.97. The molecule has 0 unspecified atom stereocenters. The van der Waals surface area contributed by atoms with Gasteiger partial charge in [-0.25, -0.2) is 0 Å². The van der Waals surface area contributed by atoms with E-state index >= 15 is 0 Å². The van der Waals surface area contributed by atoms with Gasteiger partial charge in [0, 0.05) is 16.9 Å². The minimum atomic E-state index is 1.20. The van der Waals surface area contributed by atoms with Gasteiger partial charge in [0.25, 0.3) is 0 Å². The van der Waals surface area contributed by atoms with Crippen molar-refractivity contribution in [1.82, 2.24) is 0 Å². The maximum atomic E-state index is 4.98. The summed E-state index contributed by atoms with van der Waals surface area (Å²) >= 11 is 1.42. The summed E-state index contributed by atoms with van der Waals surface area (Å²) in [6.07, 6.45) is 0. The highest BCUT2D eigenvalue weighted by atomic mass is 32.2. The first kappa shape index (κ1) is 8.62. The number of hydrogen-bond donors (Lipinski definition) is 0. The van der Waals surface area contributed by atoms with Gasteiger partial charge in [0.05, 0.1) is 7.11 Å². The summed E-state index contributed by atoms with van der Waals surface area (Å²) in [5, 5.41) is 0. The van der Waals surface area contributed by atoms with E-state index in [1.54, 1.807) is 7.11 Å². The van der Waals surface area contributed by atoms with Gasteiger partial charge in [-0.3, -0.25) is 0 Å². The fourth-order valence-corrected chi connectivity index (χ4v) is 1.50. The van der Waals surface area contributed by atoms with Crippen molar-refractivity contribution in [2.75, 3.05) is 7.11 Å². The van der Waals surface area contributed by atoms with Crippen LogP contribution in [-0.2, 0) is 4.18 Å². The van der Waals surface area contributed by atoms with Gasteiger partial charge in [0.15, 0.2) is 0 Å². The van der Waals surface area contributed by atoms with Crippen LogP contribution in [0.3, 0.4) is 0 Å². The van der Waals surface area contributed by atoms with Crippen molar-refractivity contribution in [3.05, 3.63) is 29.3 Å². The summed E-state index contributed by atoms with van der Waals surface area (Å²) in [5.74, 6) is 0. The van der Waals surface area contributed by atoms with Crippen LogP contribution in [0.2, 0.25) is 0 Å². The molecule has 0 aliphatic heterocycles. The zero-order valence-electron chi connectivity index (χ0n) is 7.05. The number of benzene rings is 1. The predicted molar refractivity (Wildman–Crippen MR) is 48.8 cm³/mol. The number of aryl methyl sites for hydroxylation is 2. The van der Waals surface area contributed by atoms with Crippen LogP contribution in [0.25, 0.3) is 0 Å². The second-order valence-electron chi connectivity index (χ2n) is 2.52. The summed E-state index contributed by atoms with van der Waals surface area (Å²) in [6, 6.07) is 6.34. The van der Waals surface area contributed by atoms with Crippen molar-refractivity contribution in [1.29, 1.82) is 0 Å². The Bertz CT molecular complexity index is 245. The SMILES string of the molecule is COSc1cc(C)ccc1C. The van der Waals surface area contributed by atoms with Gasteiger partial charge < -0.3 is 4.18 Å². The van der Waals surface area contributed by atoms with Gasteiger partial charge >= 0.3 is 0 Å². The molecule has 0 aliphatic rings. The van der Waals surface area contributed by atoms with Gasteiger partial charge in [-0.05, 0) is 31.0 Å². The molecule has 1 aromatic carbocycles. The molecule has 0 saturated heterocycles. The molecule has 2 heteroatoms. The van der Waals surface area contributed by atoms with Crippen LogP contribution in [0, 0.1) is 13.8 Å². The number of hydrogen-bond acceptors (Lipinski definition) is 2. The standard InChI is InChI=1S/C9H12OS/c1-7-4-5-8(2)9(6-7)11-10-3/h4-6H,1-3H3. The molecule has 1 rings (SSSR count). The van der Waals surface area contributed by atoms with Gasteiger partial charge in [0.2, 0.25) is 0 Å². The highest BCUT2D eigenvalue weighted by Crippen LogP contribution is 2.23. The van der Waals surface area contributed by atoms with E-state index in [-0.39, 0.29) is 0 Å². The van der Waals surface area contributed by atoms with E-state index in [4.69, 9.17) is 4.18 Å². The second-order valence-corrected chi connectivity index (χ2v) is 3.46. The second kappa shape index (κ2) is 3.79. The highest BCUT2D eigenvalue weighted by molar-refractivity contribution is 7.94. The molecule has 0 atom stereocenters. The summed E-state index contributed by atoms with van der Waals surface area (Å²) < 4.78 is 4.98. The van der Waals surface area contributed by atoms with Gasteiger partial charge in [-0.15, -0.1) is 0 Å². The topological polar surface area (TPSA) is 9.23 Å². The van der Waals surface area contributed by atoms with Gasteiger partial charge in [-0.1, -0.05) is 12.1 Å². The first-order valence-corrected chi connectivity index (χ1v) is 4.26. The van der Waals surface area contributed by atoms with E-state index in [9.17, 15) is 0 Å². The van der Waals surface area contributed by atoms with Crippen molar-refractivity contribution < 1.29 is 4.18 Å². The van der Waals surface area contributed by atoms with E-state index in [1.807, 2.05) is 0 Å². The zero-order chi connectivity index (χ0) is 8.27. The molecule has 0 saturated carbocycles. The molecule has 0 N–H and O–H groups in total. The van der Waals surface area contributed by atoms with Crippen LogP contribution in [0.15, 0.2) is 23.1 Å². The molecular formula is C9H12OS. The molecule has 0 aromatic heterocycles. The zero-order valence-corrected chi connectivity index (χ0v) is 7.87. The largest absolute Gasteiger partial charge is 0.314 e. The molecule has 0 fully saturated rings. The molecule has 60 valence electrons. The molecule has 0 bridgehead atoms. The predicted octanol–water partition coefficient (Wildman–Crippen LogP) is 2.96. The molecule has 0 aliphatic carbocycles.